The zero-order valence-corrected chi connectivity index (χ0v) is 18.1. The van der Waals surface area contributed by atoms with Crippen molar-refractivity contribution in [2.45, 2.75) is 44.2 Å². The van der Waals surface area contributed by atoms with Crippen molar-refractivity contribution in [1.29, 1.82) is 5.26 Å². The minimum absolute atomic E-state index is 0.0402. The summed E-state index contributed by atoms with van der Waals surface area (Å²) in [6.07, 6.45) is 3.93. The van der Waals surface area contributed by atoms with Gasteiger partial charge < -0.3 is 10.1 Å². The first-order valence-corrected chi connectivity index (χ1v) is 10.9. The molecule has 2 aromatic carbocycles. The van der Waals surface area contributed by atoms with Crippen LogP contribution in [0.15, 0.2) is 59.4 Å². The van der Waals surface area contributed by atoms with E-state index in [4.69, 9.17) is 4.74 Å². The number of carbonyl (C=O) groups is 2. The van der Waals surface area contributed by atoms with Gasteiger partial charge in [0, 0.05) is 5.39 Å². The Morgan fingerprint density at radius 3 is 2.39 bits per heavy atom. The third-order valence-corrected chi connectivity index (χ3v) is 5.87. The van der Waals surface area contributed by atoms with Crippen molar-refractivity contribution in [2.75, 3.05) is 6.61 Å². The summed E-state index contributed by atoms with van der Waals surface area (Å²) in [6.45, 7) is -0.341. The molecule has 1 N–H and O–H groups in total. The number of fused-ring (bicyclic) bond motifs is 1. The van der Waals surface area contributed by atoms with Gasteiger partial charge in [0.1, 0.15) is 5.54 Å². The summed E-state index contributed by atoms with van der Waals surface area (Å²) in [5.74, 6) is -1.34. The van der Waals surface area contributed by atoms with Gasteiger partial charge in [-0.2, -0.15) is 10.4 Å². The van der Waals surface area contributed by atoms with E-state index >= 15 is 0 Å². The van der Waals surface area contributed by atoms with Crippen LogP contribution in [0.4, 0.5) is 0 Å². The number of esters is 1. The molecule has 33 heavy (non-hydrogen) atoms. The van der Waals surface area contributed by atoms with Gasteiger partial charge >= 0.3 is 5.97 Å². The zero-order valence-electron chi connectivity index (χ0n) is 18.1. The summed E-state index contributed by atoms with van der Waals surface area (Å²) >= 11 is 0. The molecule has 1 fully saturated rings. The smallest absolute Gasteiger partial charge is 0.359 e. The van der Waals surface area contributed by atoms with Crippen LogP contribution in [-0.4, -0.2) is 33.8 Å². The van der Waals surface area contributed by atoms with Gasteiger partial charge in [0.2, 0.25) is 0 Å². The number of hydrogen-bond donors (Lipinski definition) is 1. The fraction of sp³-hybridized carbons (Fsp3) is 0.320. The second kappa shape index (κ2) is 9.65. The number of hydrogen-bond acceptors (Lipinski definition) is 6. The summed E-state index contributed by atoms with van der Waals surface area (Å²) < 4.78 is 6.46. The molecule has 3 aromatic rings. The Labute approximate surface area is 190 Å². The number of aromatic nitrogens is 2. The fourth-order valence-corrected chi connectivity index (χ4v) is 4.17. The molecule has 0 radical (unpaired) electrons. The maximum absolute atomic E-state index is 12.9. The fourth-order valence-electron chi connectivity index (χ4n) is 4.17. The van der Waals surface area contributed by atoms with Crippen LogP contribution in [0.5, 0.6) is 0 Å². The summed E-state index contributed by atoms with van der Waals surface area (Å²) in [7, 11) is 0. The third-order valence-electron chi connectivity index (χ3n) is 5.87. The van der Waals surface area contributed by atoms with Gasteiger partial charge in [0.25, 0.3) is 11.5 Å². The second-order valence-corrected chi connectivity index (χ2v) is 8.22. The Hall–Kier alpha value is -3.99. The quantitative estimate of drug-likeness (QED) is 0.585. The predicted molar refractivity (Wildman–Crippen MR) is 121 cm³/mol. The Kier molecular flexibility index (Phi) is 6.50. The van der Waals surface area contributed by atoms with Crippen LogP contribution >= 0.6 is 0 Å². The van der Waals surface area contributed by atoms with Crippen molar-refractivity contribution in [3.8, 4) is 6.07 Å². The Morgan fingerprint density at radius 2 is 1.70 bits per heavy atom. The molecule has 0 atom stereocenters. The highest BCUT2D eigenvalue weighted by atomic mass is 16.5. The van der Waals surface area contributed by atoms with E-state index in [0.29, 0.717) is 23.6 Å². The van der Waals surface area contributed by atoms with Crippen LogP contribution in [0, 0.1) is 11.3 Å². The lowest BCUT2D eigenvalue weighted by molar-refractivity contribution is -0.125. The van der Waals surface area contributed by atoms with E-state index in [-0.39, 0.29) is 17.8 Å². The molecule has 1 aliphatic rings. The lowest BCUT2D eigenvalue weighted by atomic mass is 9.83. The molecule has 1 aromatic heterocycles. The third kappa shape index (κ3) is 4.93. The van der Waals surface area contributed by atoms with Crippen LogP contribution < -0.4 is 10.9 Å². The lowest BCUT2D eigenvalue weighted by Gasteiger charge is -2.31. The van der Waals surface area contributed by atoms with E-state index < -0.39 is 24.0 Å². The van der Waals surface area contributed by atoms with Crippen molar-refractivity contribution in [3.63, 3.8) is 0 Å². The standard InChI is InChI=1S/C25H24N4O4/c26-17-25(13-7-2-8-14-25)27-21(30)16-33-24(32)22-19-11-5-6-12-20(19)23(31)29(28-22)15-18-9-3-1-4-10-18/h1,3-6,9-12H,2,7-8,13-16H2,(H,27,30). The lowest BCUT2D eigenvalue weighted by Crippen LogP contribution is -2.50. The summed E-state index contributed by atoms with van der Waals surface area (Å²) in [5.41, 5.74) is -0.413. The molecular weight excluding hydrogens is 420 g/mol. The average Bonchev–Trinajstić information content (AvgIpc) is 2.85. The molecular formula is C25H24N4O4. The van der Waals surface area contributed by atoms with Gasteiger partial charge in [-0.05, 0) is 24.5 Å². The van der Waals surface area contributed by atoms with Gasteiger partial charge in [-0.1, -0.05) is 67.8 Å². The number of nitrogens with one attached hydrogen (secondary N) is 1. The molecule has 1 amide bonds. The van der Waals surface area contributed by atoms with Crippen LogP contribution in [0.2, 0.25) is 0 Å². The monoisotopic (exact) mass is 444 g/mol. The first kappa shape index (κ1) is 22.2. The Balaban J connectivity index is 1.55. The largest absolute Gasteiger partial charge is 0.451 e. The number of amides is 1. The van der Waals surface area contributed by atoms with Crippen molar-refractivity contribution in [3.05, 3.63) is 76.2 Å². The predicted octanol–water partition coefficient (Wildman–Crippen LogP) is 2.94. The molecule has 1 saturated carbocycles. The molecule has 0 unspecified atom stereocenters. The number of rotatable bonds is 6. The van der Waals surface area contributed by atoms with Gasteiger partial charge in [0.05, 0.1) is 18.0 Å². The highest BCUT2D eigenvalue weighted by molar-refractivity contribution is 6.02. The molecule has 4 rings (SSSR count). The van der Waals surface area contributed by atoms with Gasteiger partial charge in [-0.3, -0.25) is 9.59 Å². The topological polar surface area (TPSA) is 114 Å². The molecule has 168 valence electrons. The molecule has 1 aliphatic carbocycles. The van der Waals surface area contributed by atoms with E-state index in [1.807, 2.05) is 30.3 Å². The van der Waals surface area contributed by atoms with E-state index in [9.17, 15) is 19.6 Å². The molecule has 0 spiro atoms. The molecule has 1 heterocycles. The molecule has 0 bridgehead atoms. The first-order valence-electron chi connectivity index (χ1n) is 10.9. The minimum atomic E-state index is -0.907. The van der Waals surface area contributed by atoms with Crippen LogP contribution in [0.3, 0.4) is 0 Å². The SMILES string of the molecule is N#CC1(NC(=O)COC(=O)c2nn(Cc3ccccc3)c(=O)c3ccccc23)CCCCC1. The number of carbonyl (C=O) groups excluding carboxylic acids is 2. The molecule has 0 saturated heterocycles. The van der Waals surface area contributed by atoms with Crippen molar-refractivity contribution < 1.29 is 14.3 Å². The minimum Gasteiger partial charge on any atom is -0.451 e. The zero-order chi connectivity index (χ0) is 23.3. The van der Waals surface area contributed by atoms with E-state index in [0.717, 1.165) is 24.8 Å². The maximum Gasteiger partial charge on any atom is 0.359 e. The highest BCUT2D eigenvalue weighted by Gasteiger charge is 2.33. The summed E-state index contributed by atoms with van der Waals surface area (Å²) in [5, 5.41) is 17.2. The van der Waals surface area contributed by atoms with Gasteiger partial charge in [-0.15, -0.1) is 0 Å². The van der Waals surface area contributed by atoms with E-state index in [1.165, 1.54) is 4.68 Å². The summed E-state index contributed by atoms with van der Waals surface area (Å²) in [6, 6.07) is 18.2. The van der Waals surface area contributed by atoms with Gasteiger partial charge in [-0.25, -0.2) is 9.48 Å². The molecule has 8 heteroatoms. The van der Waals surface area contributed by atoms with Crippen LogP contribution in [-0.2, 0) is 16.1 Å². The van der Waals surface area contributed by atoms with Crippen LogP contribution in [0.1, 0.15) is 48.2 Å². The maximum atomic E-state index is 12.9. The number of ether oxygens (including phenoxy) is 1. The Morgan fingerprint density at radius 1 is 1.03 bits per heavy atom. The average molecular weight is 444 g/mol. The van der Waals surface area contributed by atoms with Crippen molar-refractivity contribution in [1.82, 2.24) is 15.1 Å². The summed E-state index contributed by atoms with van der Waals surface area (Å²) in [4.78, 5) is 38.2. The van der Waals surface area contributed by atoms with Crippen molar-refractivity contribution in [2.24, 2.45) is 0 Å². The molecule has 0 aliphatic heterocycles. The van der Waals surface area contributed by atoms with Gasteiger partial charge in [0.15, 0.2) is 12.3 Å². The molecule has 8 nitrogen and oxygen atoms in total. The Bertz CT molecular complexity index is 1270. The number of nitrogens with zero attached hydrogens (tertiary/aromatic N) is 3. The van der Waals surface area contributed by atoms with E-state index in [2.05, 4.69) is 16.5 Å². The normalized spacial score (nSPS) is 14.9. The highest BCUT2D eigenvalue weighted by Crippen LogP contribution is 2.27. The first-order chi connectivity index (χ1) is 16.0. The van der Waals surface area contributed by atoms with Crippen molar-refractivity contribution >= 4 is 22.6 Å². The van der Waals surface area contributed by atoms with E-state index in [1.54, 1.807) is 24.3 Å². The van der Waals surface area contributed by atoms with Crippen LogP contribution in [0.25, 0.3) is 10.8 Å². The number of nitriles is 1. The number of benzene rings is 2. The second-order valence-electron chi connectivity index (χ2n) is 8.22.